The molecule has 25 atom stereocenters. The van der Waals surface area contributed by atoms with E-state index in [0.29, 0.717) is 29.7 Å². The Morgan fingerprint density at radius 2 is 1.15 bits per heavy atom. The topological polar surface area (TPSA) is 284 Å². The molecule has 0 aromatic carbocycles. The Bertz CT molecular complexity index is 1810. The second-order valence-corrected chi connectivity index (χ2v) is 22.9. The maximum atomic E-state index is 12.6. The maximum absolute atomic E-state index is 12.6. The summed E-state index contributed by atoms with van der Waals surface area (Å²) < 4.78 is 42.7. The normalized spacial score (nSPS) is 54.8. The van der Waals surface area contributed by atoms with Crippen LogP contribution >= 0.6 is 0 Å². The molecule has 4 aliphatic heterocycles. The zero-order valence-electron chi connectivity index (χ0n) is 39.1. The summed E-state index contributed by atoms with van der Waals surface area (Å²) in [4.78, 5) is 12.6. The second-order valence-electron chi connectivity index (χ2n) is 22.9. The summed E-state index contributed by atoms with van der Waals surface area (Å²) >= 11 is 0. The molecule has 0 radical (unpaired) electrons. The summed E-state index contributed by atoms with van der Waals surface area (Å²) in [6, 6.07) is 0. The number of rotatable bonds is 11. The first-order valence-electron chi connectivity index (χ1n) is 24.5. The van der Waals surface area contributed by atoms with Gasteiger partial charge >= 0.3 is 5.97 Å². The third-order valence-electron chi connectivity index (χ3n) is 19.9. The van der Waals surface area contributed by atoms with Crippen LogP contribution in [0.25, 0.3) is 0 Å². The summed E-state index contributed by atoms with van der Waals surface area (Å²) in [5.74, 6) is 1.38. The lowest BCUT2D eigenvalue weighted by molar-refractivity contribution is -0.398. The van der Waals surface area contributed by atoms with E-state index in [1.165, 1.54) is 6.42 Å². The van der Waals surface area contributed by atoms with Crippen LogP contribution in [0.4, 0.5) is 0 Å². The van der Waals surface area contributed by atoms with Crippen LogP contribution in [0.5, 0.6) is 0 Å². The van der Waals surface area contributed by atoms with Crippen molar-refractivity contribution >= 4 is 5.97 Å². The van der Waals surface area contributed by atoms with Gasteiger partial charge in [0.25, 0.3) is 0 Å². The second kappa shape index (κ2) is 17.7. The first kappa shape index (κ1) is 49.5. The van der Waals surface area contributed by atoms with Crippen molar-refractivity contribution in [1.29, 1.82) is 0 Å². The molecule has 18 nitrogen and oxygen atoms in total. The van der Waals surface area contributed by atoms with Crippen LogP contribution in [0, 0.1) is 50.7 Å². The lowest BCUT2D eigenvalue weighted by atomic mass is 9.41. The van der Waals surface area contributed by atoms with Gasteiger partial charge in [0.1, 0.15) is 79.4 Å². The van der Waals surface area contributed by atoms with E-state index in [0.717, 1.165) is 51.4 Å². The predicted octanol–water partition coefficient (Wildman–Crippen LogP) is 0.157. The molecular formula is C48H76O18. The molecule has 0 aromatic heterocycles. The van der Waals surface area contributed by atoms with Crippen LogP contribution < -0.4 is 0 Å². The number of ether oxygens (including phenoxy) is 7. The molecule has 0 bridgehead atoms. The predicted molar refractivity (Wildman–Crippen MR) is 228 cm³/mol. The Morgan fingerprint density at radius 1 is 0.621 bits per heavy atom. The van der Waals surface area contributed by atoms with E-state index in [1.807, 2.05) is 13.0 Å². The zero-order chi connectivity index (χ0) is 47.6. The molecule has 18 heteroatoms. The van der Waals surface area contributed by atoms with Gasteiger partial charge in [0.15, 0.2) is 18.9 Å². The number of carbonyl (C=O) groups excluding carboxylic acids is 1. The Morgan fingerprint density at radius 3 is 1.74 bits per heavy atom. The van der Waals surface area contributed by atoms with Gasteiger partial charge in [0.05, 0.1) is 25.9 Å². The number of esters is 1. The summed E-state index contributed by atoms with van der Waals surface area (Å²) in [5.41, 5.74) is 0.879. The number of cyclic esters (lactones) is 1. The van der Waals surface area contributed by atoms with E-state index in [1.54, 1.807) is 0 Å². The van der Waals surface area contributed by atoms with Gasteiger partial charge in [-0.3, -0.25) is 0 Å². The highest BCUT2D eigenvalue weighted by Gasteiger charge is 2.82. The molecule has 66 heavy (non-hydrogen) atoms. The van der Waals surface area contributed by atoms with Gasteiger partial charge in [-0.2, -0.15) is 0 Å². The fraction of sp³-hybridized carbons (Fsp3) is 0.938. The first-order valence-corrected chi connectivity index (χ1v) is 24.5. The lowest BCUT2D eigenvalue weighted by Gasteiger charge is -2.64. The van der Waals surface area contributed by atoms with E-state index in [9.17, 15) is 55.9 Å². The van der Waals surface area contributed by atoms with Gasteiger partial charge in [0, 0.05) is 12.0 Å². The molecule has 5 saturated carbocycles. The summed E-state index contributed by atoms with van der Waals surface area (Å²) in [5, 5.41) is 107. The minimum Gasteiger partial charge on any atom is -0.458 e. The van der Waals surface area contributed by atoms with Gasteiger partial charge in [-0.05, 0) is 115 Å². The number of aliphatic hydroxyl groups excluding tert-OH is 10. The highest BCUT2D eigenvalue weighted by atomic mass is 16.8. The Hall–Kier alpha value is -1.43. The van der Waals surface area contributed by atoms with Gasteiger partial charge in [-0.25, -0.2) is 4.79 Å². The van der Waals surface area contributed by atoms with E-state index in [2.05, 4.69) is 34.6 Å². The average Bonchev–Trinajstić information content (AvgIpc) is 3.88. The van der Waals surface area contributed by atoms with Gasteiger partial charge in [-0.1, -0.05) is 40.7 Å². The highest BCUT2D eigenvalue weighted by molar-refractivity contribution is 5.88. The zero-order valence-corrected chi connectivity index (χ0v) is 39.1. The largest absolute Gasteiger partial charge is 0.458 e. The minimum absolute atomic E-state index is 0.103. The van der Waals surface area contributed by atoms with Crippen LogP contribution in [0.2, 0.25) is 0 Å². The van der Waals surface area contributed by atoms with Crippen molar-refractivity contribution in [3.8, 4) is 0 Å². The van der Waals surface area contributed by atoms with Crippen LogP contribution in [0.3, 0.4) is 0 Å². The van der Waals surface area contributed by atoms with E-state index < -0.39 is 123 Å². The summed E-state index contributed by atoms with van der Waals surface area (Å²) in [7, 11) is 0. The van der Waals surface area contributed by atoms with Crippen LogP contribution in [-0.4, -0.2) is 181 Å². The lowest BCUT2D eigenvalue weighted by Crippen LogP contribution is -2.67. The molecule has 2 spiro atoms. The van der Waals surface area contributed by atoms with Crippen LogP contribution in [0.15, 0.2) is 11.6 Å². The third kappa shape index (κ3) is 7.36. The Labute approximate surface area is 386 Å². The Kier molecular flexibility index (Phi) is 13.3. The number of carbonyl (C=O) groups is 1. The molecular weight excluding hydrogens is 865 g/mol. The molecule has 0 amide bonds. The molecule has 0 aromatic rings. The van der Waals surface area contributed by atoms with Crippen molar-refractivity contribution in [2.45, 2.75) is 210 Å². The van der Waals surface area contributed by atoms with Gasteiger partial charge < -0.3 is 84.2 Å². The van der Waals surface area contributed by atoms with E-state index >= 15 is 0 Å². The van der Waals surface area contributed by atoms with Crippen molar-refractivity contribution in [3.05, 3.63) is 11.6 Å². The molecule has 5 aliphatic carbocycles. The van der Waals surface area contributed by atoms with Crippen molar-refractivity contribution in [2.24, 2.45) is 50.7 Å². The highest BCUT2D eigenvalue weighted by Crippen LogP contribution is 2.89. The molecule has 0 unspecified atom stereocenters. The molecule has 3 saturated heterocycles. The van der Waals surface area contributed by atoms with Crippen LogP contribution in [0.1, 0.15) is 106 Å². The quantitative estimate of drug-likeness (QED) is 0.0976. The van der Waals surface area contributed by atoms with Crippen molar-refractivity contribution < 1.29 is 89.0 Å². The molecule has 376 valence electrons. The number of fused-ring (bicyclic) bond motifs is 2. The number of aliphatic hydroxyl groups is 10. The molecule has 9 rings (SSSR count). The van der Waals surface area contributed by atoms with Gasteiger partial charge in [-0.15, -0.1) is 0 Å². The van der Waals surface area contributed by atoms with Crippen molar-refractivity contribution in [3.63, 3.8) is 0 Å². The van der Waals surface area contributed by atoms with Crippen LogP contribution in [-0.2, 0) is 38.0 Å². The SMILES string of the molecule is CC1=CC[C@@H]([C@H](C)[C@H]2CC[C@]3(C)[C@H]4CC[C@@H]5C(C)(C)[C@@H](O[C@@H]6O[C@H](CO)[C@H](O)[C@@H](O)[C@H]6O[C@H]6O[C@@H](CO)[C@H](O)[C@H](O)[C@@H]6O[C@H]6O[C@@H](CO)[C@H](O)[C@@H](O)[C@H]6O)CC[C@@]56C[C@@]46CC[C@]23C)OC1=O. The molecule has 4 heterocycles. The standard InChI is InChI=1S/C48H76O18/c1-21-7-8-24(60-40(21)59)22(2)23-11-13-46(6)29-10-9-28-44(3,4)30(12-14-47(28)20-48(29,47)16-15-45(23,46)5)64-42-38(35(56)32(53)26(18-50)62-42)66-43-39(36(57)33(54)27(19-51)63-43)65-41-37(58)34(55)31(52)25(17-49)61-41/h7,22-39,41-43,49-58H,8-20H2,1-6H3/t22-,23-,24+,25+,26-,27+,28-,29-,30+,31+,32+,33+,34-,35-,36+,37-,38-,39+,41-,42+,43-,45-,46-,47-,48+/m1/s1. The molecule has 8 fully saturated rings. The number of hydrogen-bond acceptors (Lipinski definition) is 18. The summed E-state index contributed by atoms with van der Waals surface area (Å²) in [6.07, 6.45) is -13.1. The maximum Gasteiger partial charge on any atom is 0.333 e. The Balaban J connectivity index is 0.934. The third-order valence-corrected chi connectivity index (χ3v) is 19.9. The minimum atomic E-state index is -1.90. The molecule has 9 aliphatic rings. The number of hydrogen-bond donors (Lipinski definition) is 10. The van der Waals surface area contributed by atoms with E-state index in [-0.39, 0.29) is 39.7 Å². The van der Waals surface area contributed by atoms with E-state index in [4.69, 9.17) is 33.2 Å². The fourth-order valence-corrected chi connectivity index (χ4v) is 16.0. The molecule has 10 N–H and O–H groups in total. The monoisotopic (exact) mass is 941 g/mol. The van der Waals surface area contributed by atoms with Gasteiger partial charge in [0.2, 0.25) is 0 Å². The fourth-order valence-electron chi connectivity index (χ4n) is 16.0. The average molecular weight is 941 g/mol. The first-order chi connectivity index (χ1) is 31.1. The van der Waals surface area contributed by atoms with Crippen molar-refractivity contribution in [1.82, 2.24) is 0 Å². The van der Waals surface area contributed by atoms with Crippen molar-refractivity contribution in [2.75, 3.05) is 19.8 Å². The summed E-state index contributed by atoms with van der Waals surface area (Å²) in [6.45, 7) is 11.5. The smallest absolute Gasteiger partial charge is 0.333 e.